The molecule has 1 amide bonds. The fourth-order valence-corrected chi connectivity index (χ4v) is 2.94. The average Bonchev–Trinajstić information content (AvgIpc) is 2.85. The standard InChI is InChI=1S/C17H21N3O2.ClH/c1-11-15(12(2)22-19-11)10-20(3)17(21)16-8-13-6-4-5-7-14(13)9-18-16;/h4-7,16,18H,8-10H2,1-3H3;1H. The fourth-order valence-electron chi connectivity index (χ4n) is 2.94. The summed E-state index contributed by atoms with van der Waals surface area (Å²) in [4.78, 5) is 14.4. The first kappa shape index (κ1) is 17.5. The van der Waals surface area contributed by atoms with Crippen LogP contribution in [0.4, 0.5) is 0 Å². The van der Waals surface area contributed by atoms with Gasteiger partial charge in [-0.05, 0) is 31.4 Å². The lowest BCUT2D eigenvalue weighted by Gasteiger charge is -2.29. The predicted octanol–water partition coefficient (Wildman–Crippen LogP) is 2.39. The van der Waals surface area contributed by atoms with Gasteiger partial charge in [-0.15, -0.1) is 12.4 Å². The van der Waals surface area contributed by atoms with E-state index in [1.165, 1.54) is 11.1 Å². The monoisotopic (exact) mass is 335 g/mol. The SMILES string of the molecule is Cc1noc(C)c1CN(C)C(=O)C1Cc2ccccc2CN1.Cl. The Kier molecular flexibility index (Phi) is 5.44. The van der Waals surface area contributed by atoms with Crippen molar-refractivity contribution in [2.75, 3.05) is 7.05 Å². The fraction of sp³-hybridized carbons (Fsp3) is 0.412. The molecule has 23 heavy (non-hydrogen) atoms. The maximum atomic E-state index is 12.7. The molecular formula is C17H22ClN3O2. The molecule has 0 radical (unpaired) electrons. The molecule has 124 valence electrons. The van der Waals surface area contributed by atoms with Crippen molar-refractivity contribution in [2.45, 2.75) is 39.4 Å². The quantitative estimate of drug-likeness (QED) is 0.935. The van der Waals surface area contributed by atoms with E-state index in [2.05, 4.69) is 22.6 Å². The Bertz CT molecular complexity index is 679. The number of likely N-dealkylation sites (N-methyl/N-ethyl adjacent to an activating group) is 1. The van der Waals surface area contributed by atoms with Gasteiger partial charge in [-0.2, -0.15) is 0 Å². The van der Waals surface area contributed by atoms with Crippen molar-refractivity contribution < 1.29 is 9.32 Å². The molecule has 2 aromatic rings. The molecule has 0 saturated carbocycles. The van der Waals surface area contributed by atoms with Gasteiger partial charge in [0.1, 0.15) is 5.76 Å². The van der Waals surface area contributed by atoms with Gasteiger partial charge >= 0.3 is 0 Å². The Hall–Kier alpha value is -1.85. The maximum Gasteiger partial charge on any atom is 0.240 e. The third-order valence-corrected chi connectivity index (χ3v) is 4.33. The summed E-state index contributed by atoms with van der Waals surface area (Å²) in [6, 6.07) is 8.10. The topological polar surface area (TPSA) is 58.4 Å². The van der Waals surface area contributed by atoms with Crippen molar-refractivity contribution in [1.82, 2.24) is 15.4 Å². The van der Waals surface area contributed by atoms with Crippen LogP contribution < -0.4 is 5.32 Å². The van der Waals surface area contributed by atoms with Gasteiger partial charge < -0.3 is 14.7 Å². The van der Waals surface area contributed by atoms with E-state index in [0.29, 0.717) is 6.54 Å². The highest BCUT2D eigenvalue weighted by Gasteiger charge is 2.27. The molecule has 0 saturated heterocycles. The van der Waals surface area contributed by atoms with Crippen LogP contribution in [0.5, 0.6) is 0 Å². The number of aryl methyl sites for hydroxylation is 2. The number of benzene rings is 1. The molecule has 1 aromatic heterocycles. The minimum absolute atomic E-state index is 0. The van der Waals surface area contributed by atoms with Crippen LogP contribution in [0.1, 0.15) is 28.1 Å². The van der Waals surface area contributed by atoms with Crippen molar-refractivity contribution in [1.29, 1.82) is 0 Å². The number of rotatable bonds is 3. The molecule has 1 aliphatic rings. The summed E-state index contributed by atoms with van der Waals surface area (Å²) < 4.78 is 5.16. The molecule has 1 aromatic carbocycles. The Morgan fingerprint density at radius 1 is 1.35 bits per heavy atom. The van der Waals surface area contributed by atoms with Gasteiger partial charge in [0, 0.05) is 19.2 Å². The first-order valence-corrected chi connectivity index (χ1v) is 7.53. The summed E-state index contributed by atoms with van der Waals surface area (Å²) >= 11 is 0. The van der Waals surface area contributed by atoms with E-state index in [0.717, 1.165) is 30.0 Å². The van der Waals surface area contributed by atoms with Crippen molar-refractivity contribution in [2.24, 2.45) is 0 Å². The van der Waals surface area contributed by atoms with E-state index >= 15 is 0 Å². The molecular weight excluding hydrogens is 314 g/mol. The summed E-state index contributed by atoms with van der Waals surface area (Å²) in [5, 5.41) is 7.28. The Morgan fingerprint density at radius 2 is 2.04 bits per heavy atom. The van der Waals surface area contributed by atoms with Crippen LogP contribution in [0.15, 0.2) is 28.8 Å². The van der Waals surface area contributed by atoms with Crippen molar-refractivity contribution >= 4 is 18.3 Å². The largest absolute Gasteiger partial charge is 0.361 e. The molecule has 3 rings (SSSR count). The zero-order valence-corrected chi connectivity index (χ0v) is 14.4. The van der Waals surface area contributed by atoms with Gasteiger partial charge in [0.2, 0.25) is 5.91 Å². The van der Waals surface area contributed by atoms with Crippen LogP contribution in [-0.4, -0.2) is 29.1 Å². The van der Waals surface area contributed by atoms with Gasteiger partial charge in [-0.3, -0.25) is 4.79 Å². The van der Waals surface area contributed by atoms with Gasteiger partial charge in [0.15, 0.2) is 0 Å². The molecule has 0 fully saturated rings. The lowest BCUT2D eigenvalue weighted by molar-refractivity contribution is -0.132. The number of hydrogen-bond donors (Lipinski definition) is 1. The number of amides is 1. The number of carbonyl (C=O) groups excluding carboxylic acids is 1. The third-order valence-electron chi connectivity index (χ3n) is 4.33. The molecule has 0 bridgehead atoms. The molecule has 2 heterocycles. The molecule has 1 atom stereocenters. The zero-order chi connectivity index (χ0) is 15.7. The first-order valence-electron chi connectivity index (χ1n) is 7.53. The zero-order valence-electron chi connectivity index (χ0n) is 13.6. The van der Waals surface area contributed by atoms with Crippen molar-refractivity contribution in [3.63, 3.8) is 0 Å². The Morgan fingerprint density at radius 3 is 2.70 bits per heavy atom. The number of aromatic nitrogens is 1. The third kappa shape index (κ3) is 3.57. The highest BCUT2D eigenvalue weighted by molar-refractivity contribution is 5.85. The minimum Gasteiger partial charge on any atom is -0.361 e. The molecule has 5 nitrogen and oxygen atoms in total. The summed E-state index contributed by atoms with van der Waals surface area (Å²) in [6.45, 7) is 5.05. The Labute approximate surface area is 142 Å². The van der Waals surface area contributed by atoms with Gasteiger partial charge in [-0.1, -0.05) is 29.4 Å². The highest BCUT2D eigenvalue weighted by Crippen LogP contribution is 2.19. The number of halogens is 1. The second-order valence-electron chi connectivity index (χ2n) is 5.90. The molecule has 6 heteroatoms. The summed E-state index contributed by atoms with van der Waals surface area (Å²) in [5.74, 6) is 0.883. The van der Waals surface area contributed by atoms with E-state index in [-0.39, 0.29) is 24.4 Å². The molecule has 1 unspecified atom stereocenters. The van der Waals surface area contributed by atoms with E-state index < -0.39 is 0 Å². The lowest BCUT2D eigenvalue weighted by atomic mass is 9.95. The minimum atomic E-state index is -0.166. The molecule has 0 aliphatic carbocycles. The van der Waals surface area contributed by atoms with Gasteiger partial charge in [0.05, 0.1) is 18.3 Å². The number of hydrogen-bond acceptors (Lipinski definition) is 4. The summed E-state index contributed by atoms with van der Waals surface area (Å²) in [6.07, 6.45) is 0.737. The number of nitrogens with zero attached hydrogens (tertiary/aromatic N) is 2. The number of fused-ring (bicyclic) bond motifs is 1. The van der Waals surface area contributed by atoms with Crippen LogP contribution in [0.25, 0.3) is 0 Å². The number of nitrogens with one attached hydrogen (secondary N) is 1. The smallest absolute Gasteiger partial charge is 0.240 e. The van der Waals surface area contributed by atoms with Crippen molar-refractivity contribution in [3.8, 4) is 0 Å². The van der Waals surface area contributed by atoms with E-state index in [1.54, 1.807) is 4.90 Å². The van der Waals surface area contributed by atoms with Gasteiger partial charge in [-0.25, -0.2) is 0 Å². The first-order chi connectivity index (χ1) is 10.6. The predicted molar refractivity (Wildman–Crippen MR) is 90.5 cm³/mol. The Balaban J connectivity index is 0.00000192. The van der Waals surface area contributed by atoms with E-state index in [4.69, 9.17) is 4.52 Å². The second-order valence-corrected chi connectivity index (χ2v) is 5.90. The van der Waals surface area contributed by atoms with Crippen LogP contribution in [0.2, 0.25) is 0 Å². The van der Waals surface area contributed by atoms with Crippen molar-refractivity contribution in [3.05, 3.63) is 52.4 Å². The second kappa shape index (κ2) is 7.15. The summed E-state index contributed by atoms with van der Waals surface area (Å²) in [7, 11) is 1.83. The van der Waals surface area contributed by atoms with E-state index in [1.807, 2.05) is 33.0 Å². The van der Waals surface area contributed by atoms with Crippen LogP contribution in [0.3, 0.4) is 0 Å². The number of carbonyl (C=O) groups is 1. The molecule has 1 aliphatic heterocycles. The maximum absolute atomic E-state index is 12.7. The normalized spacial score (nSPS) is 16.4. The van der Waals surface area contributed by atoms with Gasteiger partial charge in [0.25, 0.3) is 0 Å². The van der Waals surface area contributed by atoms with Crippen LogP contribution >= 0.6 is 12.4 Å². The van der Waals surface area contributed by atoms with E-state index in [9.17, 15) is 4.79 Å². The van der Waals surface area contributed by atoms with Crippen LogP contribution in [0, 0.1) is 13.8 Å². The average molecular weight is 336 g/mol. The van der Waals surface area contributed by atoms with Crippen LogP contribution in [-0.2, 0) is 24.3 Å². The highest BCUT2D eigenvalue weighted by atomic mass is 35.5. The lowest BCUT2D eigenvalue weighted by Crippen LogP contribution is -2.48. The molecule has 1 N–H and O–H groups in total. The summed E-state index contributed by atoms with van der Waals surface area (Å²) in [5.41, 5.74) is 4.37. The molecule has 0 spiro atoms.